The van der Waals surface area contributed by atoms with Crippen LogP contribution in [0.15, 0.2) is 30.5 Å². The zero-order valence-electron chi connectivity index (χ0n) is 16.8. The van der Waals surface area contributed by atoms with Gasteiger partial charge in [0.25, 0.3) is 5.91 Å². The fourth-order valence-corrected chi connectivity index (χ4v) is 4.40. The van der Waals surface area contributed by atoms with Crippen LogP contribution in [0.4, 0.5) is 24.8 Å². The van der Waals surface area contributed by atoms with E-state index in [-0.39, 0.29) is 5.95 Å². The molecule has 166 valence electrons. The van der Waals surface area contributed by atoms with E-state index < -0.39 is 23.3 Å². The Morgan fingerprint density at radius 1 is 1.13 bits per heavy atom. The normalized spacial score (nSPS) is 18.4. The minimum absolute atomic E-state index is 0.00602. The van der Waals surface area contributed by atoms with Gasteiger partial charge in [0.05, 0.1) is 5.56 Å². The van der Waals surface area contributed by atoms with Crippen molar-refractivity contribution in [2.24, 2.45) is 0 Å². The van der Waals surface area contributed by atoms with Gasteiger partial charge in [-0.1, -0.05) is 17.7 Å². The number of benzene rings is 1. The summed E-state index contributed by atoms with van der Waals surface area (Å²) in [4.78, 5) is 24.6. The van der Waals surface area contributed by atoms with Gasteiger partial charge in [0, 0.05) is 36.0 Å². The second kappa shape index (κ2) is 9.00. The molecule has 31 heavy (non-hydrogen) atoms. The number of halogens is 4. The molecule has 2 aliphatic rings. The van der Waals surface area contributed by atoms with Gasteiger partial charge in [0.2, 0.25) is 5.95 Å². The van der Waals surface area contributed by atoms with Crippen LogP contribution >= 0.6 is 11.6 Å². The van der Waals surface area contributed by atoms with Gasteiger partial charge in [-0.05, 0) is 57.0 Å². The lowest BCUT2D eigenvalue weighted by Crippen LogP contribution is -2.44. The Kier molecular flexibility index (Phi) is 6.34. The van der Waals surface area contributed by atoms with E-state index in [1.54, 1.807) is 17.0 Å². The molecule has 3 heterocycles. The van der Waals surface area contributed by atoms with E-state index in [0.717, 1.165) is 32.1 Å². The van der Waals surface area contributed by atoms with Crippen LogP contribution in [0.3, 0.4) is 0 Å². The zero-order valence-corrected chi connectivity index (χ0v) is 17.6. The molecular formula is C21H23ClF3N5O. The van der Waals surface area contributed by atoms with Crippen LogP contribution in [0.25, 0.3) is 0 Å². The quantitative estimate of drug-likeness (QED) is 0.740. The van der Waals surface area contributed by atoms with E-state index in [2.05, 4.69) is 20.2 Å². The third-order valence-corrected chi connectivity index (χ3v) is 6.01. The predicted octanol–water partition coefficient (Wildman–Crippen LogP) is 4.47. The molecule has 0 atom stereocenters. The summed E-state index contributed by atoms with van der Waals surface area (Å²) in [6.45, 7) is 3.37. The fraction of sp³-hybridized carbons (Fsp3) is 0.476. The SMILES string of the molecule is O=C(Nc1cccc(Cl)c1)c1cnc(N2CCC(N3CCCC3)CC2)nc1C(F)(F)F. The average molecular weight is 454 g/mol. The number of nitrogens with one attached hydrogen (secondary N) is 1. The van der Waals surface area contributed by atoms with Crippen molar-refractivity contribution in [2.75, 3.05) is 36.4 Å². The number of hydrogen-bond acceptors (Lipinski definition) is 5. The Balaban J connectivity index is 1.51. The number of amides is 1. The Morgan fingerprint density at radius 2 is 1.84 bits per heavy atom. The Bertz CT molecular complexity index is 941. The molecule has 0 aliphatic carbocycles. The van der Waals surface area contributed by atoms with Crippen molar-refractivity contribution in [1.82, 2.24) is 14.9 Å². The number of carbonyl (C=O) groups excluding carboxylic acids is 1. The molecule has 10 heteroatoms. The van der Waals surface area contributed by atoms with E-state index in [0.29, 0.717) is 29.8 Å². The van der Waals surface area contributed by atoms with Crippen LogP contribution in [0, 0.1) is 0 Å². The maximum atomic E-state index is 13.7. The lowest BCUT2D eigenvalue weighted by Gasteiger charge is -2.36. The predicted molar refractivity (Wildman–Crippen MR) is 112 cm³/mol. The number of rotatable bonds is 4. The summed E-state index contributed by atoms with van der Waals surface area (Å²) in [5.41, 5.74) is -1.57. The number of hydrogen-bond donors (Lipinski definition) is 1. The molecule has 0 saturated carbocycles. The topological polar surface area (TPSA) is 61.4 Å². The van der Waals surface area contributed by atoms with Crippen molar-refractivity contribution in [1.29, 1.82) is 0 Å². The van der Waals surface area contributed by atoms with Crippen LogP contribution < -0.4 is 10.2 Å². The number of likely N-dealkylation sites (tertiary alicyclic amines) is 1. The van der Waals surface area contributed by atoms with Gasteiger partial charge in [0.15, 0.2) is 5.69 Å². The number of anilines is 2. The highest BCUT2D eigenvalue weighted by molar-refractivity contribution is 6.31. The van der Waals surface area contributed by atoms with Gasteiger partial charge in [-0.15, -0.1) is 0 Å². The van der Waals surface area contributed by atoms with Gasteiger partial charge >= 0.3 is 6.18 Å². The largest absolute Gasteiger partial charge is 0.434 e. The molecule has 2 fully saturated rings. The van der Waals surface area contributed by atoms with Gasteiger partial charge in [0.1, 0.15) is 0 Å². The summed E-state index contributed by atoms with van der Waals surface area (Å²) in [5, 5.41) is 2.78. The minimum Gasteiger partial charge on any atom is -0.341 e. The van der Waals surface area contributed by atoms with Crippen LogP contribution in [0.2, 0.25) is 5.02 Å². The summed E-state index contributed by atoms with van der Waals surface area (Å²) < 4.78 is 41.1. The summed E-state index contributed by atoms with van der Waals surface area (Å²) in [6, 6.07) is 6.64. The second-order valence-corrected chi connectivity index (χ2v) is 8.29. The fourth-order valence-electron chi connectivity index (χ4n) is 4.21. The van der Waals surface area contributed by atoms with Gasteiger partial charge in [-0.2, -0.15) is 13.2 Å². The van der Waals surface area contributed by atoms with Crippen molar-refractivity contribution in [2.45, 2.75) is 37.9 Å². The molecule has 1 aromatic heterocycles. The maximum Gasteiger partial charge on any atom is 0.434 e. The van der Waals surface area contributed by atoms with E-state index in [1.807, 2.05) is 0 Å². The average Bonchev–Trinajstić information content (AvgIpc) is 3.28. The highest BCUT2D eigenvalue weighted by atomic mass is 35.5. The first-order chi connectivity index (χ1) is 14.8. The maximum absolute atomic E-state index is 13.7. The highest BCUT2D eigenvalue weighted by Gasteiger charge is 2.39. The molecule has 6 nitrogen and oxygen atoms in total. The van der Waals surface area contributed by atoms with Crippen molar-refractivity contribution >= 4 is 29.1 Å². The lowest BCUT2D eigenvalue weighted by atomic mass is 10.0. The highest BCUT2D eigenvalue weighted by Crippen LogP contribution is 2.32. The third kappa shape index (κ3) is 5.10. The molecular weight excluding hydrogens is 431 g/mol. The molecule has 1 aromatic carbocycles. The summed E-state index contributed by atoms with van der Waals surface area (Å²) in [5.74, 6) is -0.930. The Hall–Kier alpha value is -2.39. The molecule has 1 amide bonds. The molecule has 4 rings (SSSR count). The van der Waals surface area contributed by atoms with Crippen molar-refractivity contribution < 1.29 is 18.0 Å². The molecule has 2 aromatic rings. The number of aromatic nitrogens is 2. The Morgan fingerprint density at radius 3 is 2.48 bits per heavy atom. The first-order valence-electron chi connectivity index (χ1n) is 10.3. The van der Waals surface area contributed by atoms with Crippen LogP contribution in [0.1, 0.15) is 41.7 Å². The smallest absolute Gasteiger partial charge is 0.341 e. The Labute approximate surface area is 183 Å². The van der Waals surface area contributed by atoms with E-state index >= 15 is 0 Å². The summed E-state index contributed by atoms with van der Waals surface area (Å²) >= 11 is 5.87. The lowest BCUT2D eigenvalue weighted by molar-refractivity contribution is -0.141. The summed E-state index contributed by atoms with van der Waals surface area (Å²) in [7, 11) is 0. The van der Waals surface area contributed by atoms with Crippen molar-refractivity contribution in [3.05, 3.63) is 46.7 Å². The van der Waals surface area contributed by atoms with Crippen LogP contribution in [0.5, 0.6) is 0 Å². The number of nitrogens with zero attached hydrogens (tertiary/aromatic N) is 4. The minimum atomic E-state index is -4.79. The zero-order chi connectivity index (χ0) is 22.0. The van der Waals surface area contributed by atoms with Crippen molar-refractivity contribution in [3.63, 3.8) is 0 Å². The van der Waals surface area contributed by atoms with Crippen LogP contribution in [-0.2, 0) is 6.18 Å². The monoisotopic (exact) mass is 453 g/mol. The van der Waals surface area contributed by atoms with E-state index in [1.165, 1.54) is 25.0 Å². The van der Waals surface area contributed by atoms with Gasteiger partial charge in [-0.25, -0.2) is 9.97 Å². The molecule has 0 spiro atoms. The molecule has 2 aliphatic heterocycles. The van der Waals surface area contributed by atoms with Gasteiger partial charge < -0.3 is 15.1 Å². The number of alkyl halides is 3. The first-order valence-corrected chi connectivity index (χ1v) is 10.7. The molecule has 0 bridgehead atoms. The molecule has 2 saturated heterocycles. The number of carbonyl (C=O) groups is 1. The standard InChI is InChI=1S/C21H23ClF3N5O/c22-14-4-3-5-15(12-14)27-19(31)17-13-26-20(28-18(17)21(23,24)25)30-10-6-16(7-11-30)29-8-1-2-9-29/h3-5,12-13,16H,1-2,6-11H2,(H,27,31). The van der Waals surface area contributed by atoms with E-state index in [4.69, 9.17) is 11.6 Å². The van der Waals surface area contributed by atoms with Crippen LogP contribution in [-0.4, -0.2) is 53.0 Å². The van der Waals surface area contributed by atoms with Gasteiger partial charge in [-0.3, -0.25) is 4.79 Å². The molecule has 1 N–H and O–H groups in total. The first kappa shape index (κ1) is 21.8. The second-order valence-electron chi connectivity index (χ2n) is 7.86. The number of piperidine rings is 1. The summed E-state index contributed by atoms with van der Waals surface area (Å²) in [6.07, 6.45) is 0.307. The third-order valence-electron chi connectivity index (χ3n) is 5.78. The van der Waals surface area contributed by atoms with Crippen molar-refractivity contribution in [3.8, 4) is 0 Å². The van der Waals surface area contributed by atoms with E-state index in [9.17, 15) is 18.0 Å². The molecule has 0 radical (unpaired) electrons. The molecule has 0 unspecified atom stereocenters.